The van der Waals surface area contributed by atoms with Gasteiger partial charge in [-0.25, -0.2) is 13.2 Å². The molecule has 2 amide bonds. The number of amides is 2. The summed E-state index contributed by atoms with van der Waals surface area (Å²) < 4.78 is 25.8. The minimum atomic E-state index is -3.50. The van der Waals surface area contributed by atoms with E-state index in [1.54, 1.807) is 12.1 Å². The first kappa shape index (κ1) is 20.5. The highest BCUT2D eigenvalue weighted by Gasteiger charge is 2.32. The second kappa shape index (κ2) is 7.96. The number of urea groups is 1. The second-order valence-corrected chi connectivity index (χ2v) is 10.0. The second-order valence-electron chi connectivity index (χ2n) is 8.05. The Morgan fingerprint density at radius 1 is 1.06 bits per heavy atom. The lowest BCUT2D eigenvalue weighted by Gasteiger charge is -2.20. The highest BCUT2D eigenvalue weighted by molar-refractivity contribution is 7.90. The molecule has 164 valence electrons. The maximum Gasteiger partial charge on any atom is 0.355 e. The number of carbonyl (C=O) groups is 1. The van der Waals surface area contributed by atoms with Crippen molar-refractivity contribution in [1.29, 1.82) is 0 Å². The van der Waals surface area contributed by atoms with Crippen molar-refractivity contribution in [1.82, 2.24) is 10.4 Å². The summed E-state index contributed by atoms with van der Waals surface area (Å²) in [5, 5.41) is 7.30. The Labute approximate surface area is 186 Å². The Kier molecular flexibility index (Phi) is 5.11. The molecule has 0 bridgehead atoms. The SMILES string of the molecule is CC1c2ccccc2ON1C(=O)Nc1ccc(S(=O)(=O)Cc2ccc3c(c2)CNC3)cc1. The van der Waals surface area contributed by atoms with Crippen molar-refractivity contribution in [2.75, 3.05) is 5.32 Å². The molecule has 8 heteroatoms. The highest BCUT2D eigenvalue weighted by atomic mass is 32.2. The van der Waals surface area contributed by atoms with Crippen LogP contribution in [-0.2, 0) is 28.7 Å². The van der Waals surface area contributed by atoms with E-state index in [1.165, 1.54) is 22.8 Å². The zero-order chi connectivity index (χ0) is 22.3. The Hall–Kier alpha value is -3.36. The number of hydrogen-bond acceptors (Lipinski definition) is 5. The van der Waals surface area contributed by atoms with Crippen LogP contribution < -0.4 is 15.5 Å². The van der Waals surface area contributed by atoms with Crippen molar-refractivity contribution in [3.8, 4) is 5.75 Å². The van der Waals surface area contributed by atoms with Crippen LogP contribution in [0.15, 0.2) is 71.6 Å². The highest BCUT2D eigenvalue weighted by Crippen LogP contribution is 2.37. The van der Waals surface area contributed by atoms with E-state index in [0.29, 0.717) is 11.4 Å². The summed E-state index contributed by atoms with van der Waals surface area (Å²) in [6, 6.07) is 18.9. The minimum Gasteiger partial charge on any atom is -0.374 e. The Bertz CT molecular complexity index is 1290. The van der Waals surface area contributed by atoms with Gasteiger partial charge in [-0.15, -0.1) is 5.06 Å². The van der Waals surface area contributed by atoms with Gasteiger partial charge in [0.1, 0.15) is 0 Å². The van der Waals surface area contributed by atoms with E-state index in [0.717, 1.165) is 29.8 Å². The van der Waals surface area contributed by atoms with Gasteiger partial charge in [-0.05, 0) is 53.9 Å². The first-order valence-electron chi connectivity index (χ1n) is 10.4. The first-order chi connectivity index (χ1) is 15.4. The largest absolute Gasteiger partial charge is 0.374 e. The quantitative estimate of drug-likeness (QED) is 0.624. The third kappa shape index (κ3) is 3.83. The van der Waals surface area contributed by atoms with E-state index in [-0.39, 0.29) is 16.7 Å². The fraction of sp³-hybridized carbons (Fsp3) is 0.208. The van der Waals surface area contributed by atoms with Crippen LogP contribution in [0.4, 0.5) is 10.5 Å². The summed E-state index contributed by atoms with van der Waals surface area (Å²) in [6.07, 6.45) is 0. The molecule has 0 saturated heterocycles. The van der Waals surface area contributed by atoms with Gasteiger partial charge in [-0.3, -0.25) is 0 Å². The smallest absolute Gasteiger partial charge is 0.355 e. The molecule has 0 aliphatic carbocycles. The molecule has 5 rings (SSSR count). The van der Waals surface area contributed by atoms with Crippen molar-refractivity contribution in [2.45, 2.75) is 36.7 Å². The third-order valence-electron chi connectivity index (χ3n) is 5.84. The number of hydroxylamine groups is 2. The van der Waals surface area contributed by atoms with Gasteiger partial charge in [-0.2, -0.15) is 0 Å². The molecule has 32 heavy (non-hydrogen) atoms. The molecule has 2 aliphatic heterocycles. The topological polar surface area (TPSA) is 87.7 Å². The number of nitrogens with one attached hydrogen (secondary N) is 2. The molecule has 1 unspecified atom stereocenters. The van der Waals surface area contributed by atoms with Gasteiger partial charge in [0.2, 0.25) is 0 Å². The van der Waals surface area contributed by atoms with Crippen molar-refractivity contribution < 1.29 is 18.0 Å². The monoisotopic (exact) mass is 449 g/mol. The Morgan fingerprint density at radius 2 is 1.81 bits per heavy atom. The Balaban J connectivity index is 1.26. The van der Waals surface area contributed by atoms with E-state index in [9.17, 15) is 13.2 Å². The lowest BCUT2D eigenvalue weighted by molar-refractivity contribution is -0.0118. The maximum atomic E-state index is 12.9. The molecule has 1 atom stereocenters. The number of nitrogens with zero attached hydrogens (tertiary/aromatic N) is 1. The summed E-state index contributed by atoms with van der Waals surface area (Å²) >= 11 is 0. The third-order valence-corrected chi connectivity index (χ3v) is 7.54. The predicted octanol–water partition coefficient (Wildman–Crippen LogP) is 4.17. The van der Waals surface area contributed by atoms with Crippen molar-refractivity contribution in [3.05, 3.63) is 89.0 Å². The van der Waals surface area contributed by atoms with Gasteiger partial charge in [0.25, 0.3) is 0 Å². The summed E-state index contributed by atoms with van der Waals surface area (Å²) in [4.78, 5) is 18.5. The molecule has 2 heterocycles. The number of fused-ring (bicyclic) bond motifs is 2. The summed E-state index contributed by atoms with van der Waals surface area (Å²) in [6.45, 7) is 3.47. The molecule has 0 spiro atoms. The van der Waals surface area contributed by atoms with Gasteiger partial charge in [0.15, 0.2) is 15.6 Å². The summed E-state index contributed by atoms with van der Waals surface area (Å²) in [5.74, 6) is 0.586. The number of benzene rings is 3. The fourth-order valence-electron chi connectivity index (χ4n) is 4.10. The maximum absolute atomic E-state index is 12.9. The van der Waals surface area contributed by atoms with Crippen LogP contribution in [0.1, 0.15) is 35.2 Å². The molecule has 2 aliphatic rings. The van der Waals surface area contributed by atoms with Crippen LogP contribution in [0.2, 0.25) is 0 Å². The standard InChI is InChI=1S/C24H23N3O4S/c1-16-22-4-2-3-5-23(22)31-27(16)24(28)26-20-8-10-21(11-9-20)32(29,30)15-17-6-7-18-13-25-14-19(18)12-17/h2-12,16,25H,13-15H2,1H3,(H,26,28). The van der Waals surface area contributed by atoms with Crippen LogP contribution in [0, 0.1) is 0 Å². The summed E-state index contributed by atoms with van der Waals surface area (Å²) in [7, 11) is -3.50. The van der Waals surface area contributed by atoms with Gasteiger partial charge in [-0.1, -0.05) is 36.4 Å². The zero-order valence-electron chi connectivity index (χ0n) is 17.5. The molecule has 0 aromatic heterocycles. The number of para-hydroxylation sites is 1. The van der Waals surface area contributed by atoms with E-state index < -0.39 is 15.9 Å². The number of anilines is 1. The zero-order valence-corrected chi connectivity index (χ0v) is 18.4. The van der Waals surface area contributed by atoms with Crippen molar-refractivity contribution >= 4 is 21.6 Å². The van der Waals surface area contributed by atoms with E-state index >= 15 is 0 Å². The van der Waals surface area contributed by atoms with E-state index in [1.807, 2.05) is 49.4 Å². The lowest BCUT2D eigenvalue weighted by Crippen LogP contribution is -2.35. The van der Waals surface area contributed by atoms with Crippen LogP contribution >= 0.6 is 0 Å². The first-order valence-corrected chi connectivity index (χ1v) is 12.1. The number of sulfone groups is 1. The molecule has 0 radical (unpaired) electrons. The van der Waals surface area contributed by atoms with Gasteiger partial charge in [0.05, 0.1) is 16.7 Å². The van der Waals surface area contributed by atoms with Crippen LogP contribution in [0.5, 0.6) is 5.75 Å². The van der Waals surface area contributed by atoms with E-state index in [2.05, 4.69) is 10.6 Å². The van der Waals surface area contributed by atoms with Crippen LogP contribution in [-0.4, -0.2) is 19.5 Å². The molecular weight excluding hydrogens is 426 g/mol. The molecule has 2 N–H and O–H groups in total. The molecule has 7 nitrogen and oxygen atoms in total. The molecule has 3 aromatic rings. The minimum absolute atomic E-state index is 0.0661. The molecule has 3 aromatic carbocycles. The van der Waals surface area contributed by atoms with Gasteiger partial charge in [0, 0.05) is 24.3 Å². The number of hydrogen-bond donors (Lipinski definition) is 2. The number of carbonyl (C=O) groups excluding carboxylic acids is 1. The molecule has 0 saturated carbocycles. The van der Waals surface area contributed by atoms with Gasteiger partial charge < -0.3 is 15.5 Å². The average molecular weight is 450 g/mol. The van der Waals surface area contributed by atoms with Crippen LogP contribution in [0.3, 0.4) is 0 Å². The van der Waals surface area contributed by atoms with Gasteiger partial charge >= 0.3 is 6.03 Å². The van der Waals surface area contributed by atoms with E-state index in [4.69, 9.17) is 4.84 Å². The van der Waals surface area contributed by atoms with Crippen molar-refractivity contribution in [3.63, 3.8) is 0 Å². The normalized spacial score (nSPS) is 16.9. The number of rotatable bonds is 4. The van der Waals surface area contributed by atoms with Crippen molar-refractivity contribution in [2.24, 2.45) is 0 Å². The average Bonchev–Trinajstić information content (AvgIpc) is 3.38. The lowest BCUT2D eigenvalue weighted by atomic mass is 10.1. The van der Waals surface area contributed by atoms with Crippen LogP contribution in [0.25, 0.3) is 0 Å². The summed E-state index contributed by atoms with van der Waals surface area (Å²) in [5.41, 5.74) is 4.56. The Morgan fingerprint density at radius 3 is 2.59 bits per heavy atom. The molecule has 0 fully saturated rings. The molecular formula is C24H23N3O4S. The predicted molar refractivity (Wildman–Crippen MR) is 121 cm³/mol. The fourth-order valence-corrected chi connectivity index (χ4v) is 5.44.